The SMILES string of the molecule is Cc1cccc2ncnc(NC3CC(C)N(C4CC4)C3)c12. The number of nitrogens with zero attached hydrogens (tertiary/aromatic N) is 3. The van der Waals surface area contributed by atoms with Crippen LogP contribution in [-0.4, -0.2) is 39.5 Å². The molecule has 1 saturated carbocycles. The number of rotatable bonds is 3. The molecule has 4 heteroatoms. The van der Waals surface area contributed by atoms with Crippen molar-refractivity contribution in [2.75, 3.05) is 11.9 Å². The molecule has 4 nitrogen and oxygen atoms in total. The molecule has 2 aliphatic rings. The number of hydrogen-bond donors (Lipinski definition) is 1. The summed E-state index contributed by atoms with van der Waals surface area (Å²) in [6, 6.07) is 8.27. The van der Waals surface area contributed by atoms with Crippen LogP contribution in [0.4, 0.5) is 5.82 Å². The predicted molar refractivity (Wildman–Crippen MR) is 85.5 cm³/mol. The molecule has 0 spiro atoms. The Morgan fingerprint density at radius 1 is 1.24 bits per heavy atom. The Hall–Kier alpha value is -1.68. The zero-order valence-corrected chi connectivity index (χ0v) is 12.7. The van der Waals surface area contributed by atoms with E-state index in [0.717, 1.165) is 29.3 Å². The average Bonchev–Trinajstić information content (AvgIpc) is 3.24. The third-order valence-corrected chi connectivity index (χ3v) is 4.85. The lowest BCUT2D eigenvalue weighted by atomic mass is 10.1. The number of anilines is 1. The lowest BCUT2D eigenvalue weighted by molar-refractivity contribution is 0.257. The van der Waals surface area contributed by atoms with Crippen LogP contribution in [0.25, 0.3) is 10.9 Å². The van der Waals surface area contributed by atoms with Gasteiger partial charge in [0.15, 0.2) is 0 Å². The highest BCUT2D eigenvalue weighted by atomic mass is 15.3. The van der Waals surface area contributed by atoms with E-state index in [1.165, 1.54) is 24.8 Å². The number of aromatic nitrogens is 2. The van der Waals surface area contributed by atoms with Crippen molar-refractivity contribution in [3.05, 3.63) is 30.1 Å². The molecular weight excluding hydrogens is 260 g/mol. The van der Waals surface area contributed by atoms with E-state index in [0.29, 0.717) is 12.1 Å². The molecule has 2 fully saturated rings. The van der Waals surface area contributed by atoms with E-state index in [9.17, 15) is 0 Å². The van der Waals surface area contributed by atoms with Crippen molar-refractivity contribution in [2.24, 2.45) is 0 Å². The molecule has 2 aromatic rings. The Kier molecular flexibility index (Phi) is 3.07. The summed E-state index contributed by atoms with van der Waals surface area (Å²) < 4.78 is 0. The topological polar surface area (TPSA) is 41.1 Å². The first kappa shape index (κ1) is 13.0. The Labute approximate surface area is 125 Å². The second kappa shape index (κ2) is 4.95. The first-order chi connectivity index (χ1) is 10.2. The molecule has 1 aromatic heterocycles. The van der Waals surface area contributed by atoms with Crippen molar-refractivity contribution in [3.63, 3.8) is 0 Å². The molecule has 2 heterocycles. The first-order valence-electron chi connectivity index (χ1n) is 7.95. The van der Waals surface area contributed by atoms with E-state index < -0.39 is 0 Å². The van der Waals surface area contributed by atoms with Crippen molar-refractivity contribution < 1.29 is 0 Å². The summed E-state index contributed by atoms with van der Waals surface area (Å²) in [5.41, 5.74) is 2.26. The summed E-state index contributed by atoms with van der Waals surface area (Å²) in [4.78, 5) is 11.5. The molecule has 1 N–H and O–H groups in total. The summed E-state index contributed by atoms with van der Waals surface area (Å²) in [5, 5.41) is 4.84. The second-order valence-corrected chi connectivity index (χ2v) is 6.55. The third-order valence-electron chi connectivity index (χ3n) is 4.85. The van der Waals surface area contributed by atoms with E-state index >= 15 is 0 Å². The van der Waals surface area contributed by atoms with Gasteiger partial charge in [-0.15, -0.1) is 0 Å². The van der Waals surface area contributed by atoms with Gasteiger partial charge in [-0.2, -0.15) is 0 Å². The molecule has 4 rings (SSSR count). The van der Waals surface area contributed by atoms with Crippen LogP contribution in [0.3, 0.4) is 0 Å². The Balaban J connectivity index is 1.60. The number of benzene rings is 1. The fourth-order valence-corrected chi connectivity index (χ4v) is 3.66. The van der Waals surface area contributed by atoms with Crippen LogP contribution >= 0.6 is 0 Å². The summed E-state index contributed by atoms with van der Waals surface area (Å²) in [6.45, 7) is 5.62. The highest BCUT2D eigenvalue weighted by Crippen LogP contribution is 2.34. The summed E-state index contributed by atoms with van der Waals surface area (Å²) in [6.07, 6.45) is 5.63. The van der Waals surface area contributed by atoms with Gasteiger partial charge in [-0.3, -0.25) is 4.90 Å². The van der Waals surface area contributed by atoms with Gasteiger partial charge in [0.2, 0.25) is 0 Å². The molecule has 1 aromatic carbocycles. The Morgan fingerprint density at radius 3 is 2.90 bits per heavy atom. The van der Waals surface area contributed by atoms with Crippen LogP contribution in [0.5, 0.6) is 0 Å². The van der Waals surface area contributed by atoms with Gasteiger partial charge in [-0.05, 0) is 44.7 Å². The van der Waals surface area contributed by atoms with Crippen molar-refractivity contribution in [3.8, 4) is 0 Å². The van der Waals surface area contributed by atoms with Crippen LogP contribution < -0.4 is 5.32 Å². The minimum absolute atomic E-state index is 0.498. The van der Waals surface area contributed by atoms with E-state index in [4.69, 9.17) is 0 Å². The van der Waals surface area contributed by atoms with Gasteiger partial charge >= 0.3 is 0 Å². The van der Waals surface area contributed by atoms with Gasteiger partial charge in [0.05, 0.1) is 5.52 Å². The smallest absolute Gasteiger partial charge is 0.137 e. The second-order valence-electron chi connectivity index (χ2n) is 6.55. The standard InChI is InChI=1S/C17H22N4/c1-11-4-3-5-15-16(11)17(19-10-18-15)20-13-8-12(2)21(9-13)14-6-7-14/h3-5,10,12-14H,6-9H2,1-2H3,(H,18,19,20). The molecule has 1 aliphatic carbocycles. The number of aryl methyl sites for hydroxylation is 1. The number of fused-ring (bicyclic) bond motifs is 1. The van der Waals surface area contributed by atoms with Crippen molar-refractivity contribution >= 4 is 16.7 Å². The highest BCUT2D eigenvalue weighted by molar-refractivity contribution is 5.91. The summed E-state index contributed by atoms with van der Waals surface area (Å²) in [7, 11) is 0. The zero-order valence-electron chi connectivity index (χ0n) is 12.7. The van der Waals surface area contributed by atoms with Gasteiger partial charge in [-0.25, -0.2) is 9.97 Å². The molecular formula is C17H22N4. The van der Waals surface area contributed by atoms with Crippen molar-refractivity contribution in [1.82, 2.24) is 14.9 Å². The first-order valence-corrected chi connectivity index (χ1v) is 7.95. The van der Waals surface area contributed by atoms with Crippen molar-refractivity contribution in [1.29, 1.82) is 0 Å². The lowest BCUT2D eigenvalue weighted by Gasteiger charge is -2.20. The van der Waals surface area contributed by atoms with Crippen LogP contribution in [0.1, 0.15) is 31.7 Å². The third kappa shape index (κ3) is 2.38. The molecule has 0 bridgehead atoms. The van der Waals surface area contributed by atoms with E-state index in [-0.39, 0.29) is 0 Å². The molecule has 0 radical (unpaired) electrons. The fraction of sp³-hybridized carbons (Fsp3) is 0.529. The quantitative estimate of drug-likeness (QED) is 0.939. The van der Waals surface area contributed by atoms with Crippen LogP contribution in [0, 0.1) is 6.92 Å². The normalized spacial score (nSPS) is 26.4. The maximum atomic E-state index is 4.50. The van der Waals surface area contributed by atoms with Crippen molar-refractivity contribution in [2.45, 2.75) is 51.2 Å². The Morgan fingerprint density at radius 2 is 2.10 bits per heavy atom. The van der Waals surface area contributed by atoms with Crippen LogP contribution in [-0.2, 0) is 0 Å². The van der Waals surface area contributed by atoms with Crippen LogP contribution in [0.2, 0.25) is 0 Å². The average molecular weight is 282 g/mol. The molecule has 1 saturated heterocycles. The van der Waals surface area contributed by atoms with E-state index in [1.54, 1.807) is 6.33 Å². The van der Waals surface area contributed by atoms with Crippen LogP contribution in [0.15, 0.2) is 24.5 Å². The van der Waals surface area contributed by atoms with E-state index in [1.807, 2.05) is 0 Å². The molecule has 1 aliphatic heterocycles. The number of likely N-dealkylation sites (tertiary alicyclic amines) is 1. The van der Waals surface area contributed by atoms with E-state index in [2.05, 4.69) is 52.2 Å². The Bertz CT molecular complexity index is 660. The van der Waals surface area contributed by atoms with Gasteiger partial charge in [0.25, 0.3) is 0 Å². The molecule has 110 valence electrons. The minimum atomic E-state index is 0.498. The summed E-state index contributed by atoms with van der Waals surface area (Å²) in [5.74, 6) is 0.993. The minimum Gasteiger partial charge on any atom is -0.365 e. The molecule has 0 amide bonds. The highest BCUT2D eigenvalue weighted by Gasteiger charge is 2.38. The number of nitrogens with one attached hydrogen (secondary N) is 1. The zero-order chi connectivity index (χ0) is 14.4. The van der Waals surface area contributed by atoms with Gasteiger partial charge in [-0.1, -0.05) is 12.1 Å². The predicted octanol–water partition coefficient (Wildman–Crippen LogP) is 2.98. The monoisotopic (exact) mass is 282 g/mol. The maximum absolute atomic E-state index is 4.50. The molecule has 21 heavy (non-hydrogen) atoms. The lowest BCUT2D eigenvalue weighted by Crippen LogP contribution is -2.31. The van der Waals surface area contributed by atoms with Gasteiger partial charge in [0.1, 0.15) is 12.1 Å². The number of hydrogen-bond acceptors (Lipinski definition) is 4. The molecule has 2 unspecified atom stereocenters. The van der Waals surface area contributed by atoms with Gasteiger partial charge in [0, 0.05) is 30.1 Å². The largest absolute Gasteiger partial charge is 0.365 e. The molecule has 2 atom stereocenters. The fourth-order valence-electron chi connectivity index (χ4n) is 3.66. The van der Waals surface area contributed by atoms with Gasteiger partial charge < -0.3 is 5.32 Å². The maximum Gasteiger partial charge on any atom is 0.137 e. The summed E-state index contributed by atoms with van der Waals surface area (Å²) >= 11 is 0.